The summed E-state index contributed by atoms with van der Waals surface area (Å²) in [6.07, 6.45) is 1.33. The molecule has 5 heteroatoms. The van der Waals surface area contributed by atoms with Gasteiger partial charge in [0.15, 0.2) is 0 Å². The van der Waals surface area contributed by atoms with E-state index in [4.69, 9.17) is 5.11 Å². The zero-order valence-electron chi connectivity index (χ0n) is 9.71. The lowest BCUT2D eigenvalue weighted by Gasteiger charge is -2.02. The molecule has 1 aromatic carbocycles. The van der Waals surface area contributed by atoms with E-state index in [1.54, 1.807) is 0 Å². The van der Waals surface area contributed by atoms with Crippen molar-refractivity contribution >= 4 is 16.9 Å². The predicted molar refractivity (Wildman–Crippen MR) is 67.5 cm³/mol. The Hall–Kier alpha value is -2.56. The number of hydrogen-bond acceptors (Lipinski definition) is 2. The normalized spacial score (nSPS) is 10.9. The van der Waals surface area contributed by atoms with Crippen molar-refractivity contribution < 1.29 is 9.90 Å². The lowest BCUT2D eigenvalue weighted by Crippen LogP contribution is -1.99. The van der Waals surface area contributed by atoms with Gasteiger partial charge in [0.2, 0.25) is 0 Å². The fourth-order valence-corrected chi connectivity index (χ4v) is 2.17. The van der Waals surface area contributed by atoms with Gasteiger partial charge in [-0.2, -0.15) is 5.10 Å². The molecule has 0 saturated heterocycles. The predicted octanol–water partition coefficient (Wildman–Crippen LogP) is 2.27. The van der Waals surface area contributed by atoms with Gasteiger partial charge in [-0.05, 0) is 12.1 Å². The van der Waals surface area contributed by atoms with Crippen LogP contribution in [-0.4, -0.2) is 25.8 Å². The summed E-state index contributed by atoms with van der Waals surface area (Å²) in [6.45, 7) is 0. The molecule has 0 aliphatic heterocycles. The molecule has 0 saturated carbocycles. The van der Waals surface area contributed by atoms with Crippen LogP contribution >= 0.6 is 0 Å². The molecule has 18 heavy (non-hydrogen) atoms. The number of nitrogens with zero attached hydrogens (tertiary/aromatic N) is 2. The number of nitrogens with one attached hydrogen (secondary N) is 1. The fourth-order valence-electron chi connectivity index (χ4n) is 2.17. The number of hydrogen-bond donors (Lipinski definition) is 2. The summed E-state index contributed by atoms with van der Waals surface area (Å²) in [6, 6.07) is 9.86. The Morgan fingerprint density at radius 2 is 2.17 bits per heavy atom. The second kappa shape index (κ2) is 3.73. The van der Waals surface area contributed by atoms with Gasteiger partial charge < -0.3 is 9.67 Å². The number of carboxylic acid groups (broad SMARTS) is 1. The summed E-state index contributed by atoms with van der Waals surface area (Å²) in [5, 5.41) is 16.7. The number of fused-ring (bicyclic) bond motifs is 1. The van der Waals surface area contributed by atoms with Crippen molar-refractivity contribution in [3.8, 4) is 11.4 Å². The Labute approximate surface area is 103 Å². The Kier molecular flexibility index (Phi) is 2.19. The first-order chi connectivity index (χ1) is 8.68. The van der Waals surface area contributed by atoms with Crippen molar-refractivity contribution in [1.29, 1.82) is 0 Å². The Bertz CT molecular complexity index is 740. The van der Waals surface area contributed by atoms with Gasteiger partial charge in [0.1, 0.15) is 5.56 Å². The maximum Gasteiger partial charge on any atom is 0.339 e. The number of rotatable bonds is 2. The van der Waals surface area contributed by atoms with Crippen molar-refractivity contribution in [2.75, 3.05) is 0 Å². The van der Waals surface area contributed by atoms with E-state index in [2.05, 4.69) is 10.2 Å². The van der Waals surface area contributed by atoms with Gasteiger partial charge >= 0.3 is 5.97 Å². The molecule has 90 valence electrons. The zero-order valence-corrected chi connectivity index (χ0v) is 9.71. The molecule has 0 aliphatic rings. The molecule has 0 bridgehead atoms. The minimum Gasteiger partial charge on any atom is -0.478 e. The Morgan fingerprint density at radius 3 is 2.89 bits per heavy atom. The third-order valence-corrected chi connectivity index (χ3v) is 3.08. The molecule has 0 amide bonds. The van der Waals surface area contributed by atoms with Crippen LogP contribution in [-0.2, 0) is 7.05 Å². The van der Waals surface area contributed by atoms with Crippen LogP contribution < -0.4 is 0 Å². The molecule has 0 radical (unpaired) electrons. The molecule has 0 unspecified atom stereocenters. The Balaban J connectivity index is 2.29. The van der Waals surface area contributed by atoms with Crippen LogP contribution in [0.5, 0.6) is 0 Å². The van der Waals surface area contributed by atoms with E-state index in [1.807, 2.05) is 41.9 Å². The molecule has 2 heterocycles. The van der Waals surface area contributed by atoms with Crippen LogP contribution in [0.1, 0.15) is 10.4 Å². The monoisotopic (exact) mass is 241 g/mol. The minimum absolute atomic E-state index is 0.181. The van der Waals surface area contributed by atoms with Crippen LogP contribution in [0.2, 0.25) is 0 Å². The summed E-state index contributed by atoms with van der Waals surface area (Å²) in [7, 11) is 1.91. The van der Waals surface area contributed by atoms with E-state index in [1.165, 1.54) is 6.20 Å². The minimum atomic E-state index is -0.982. The van der Waals surface area contributed by atoms with Crippen LogP contribution in [0.4, 0.5) is 0 Å². The molecule has 0 spiro atoms. The average Bonchev–Trinajstić information content (AvgIpc) is 2.94. The maximum atomic E-state index is 11.1. The SMILES string of the molecule is Cn1c(-c2[nH]ncc2C(=O)O)cc2ccccc21. The highest BCUT2D eigenvalue weighted by Gasteiger charge is 2.17. The van der Waals surface area contributed by atoms with Crippen molar-refractivity contribution in [1.82, 2.24) is 14.8 Å². The van der Waals surface area contributed by atoms with Crippen molar-refractivity contribution in [2.45, 2.75) is 0 Å². The van der Waals surface area contributed by atoms with Crippen LogP contribution in [0.3, 0.4) is 0 Å². The standard InChI is InChI=1S/C13H11N3O2/c1-16-10-5-3-2-4-8(10)6-11(16)12-9(13(17)18)7-14-15-12/h2-7H,1H3,(H,14,15)(H,17,18). The highest BCUT2D eigenvalue weighted by molar-refractivity contribution is 5.96. The molecule has 2 aromatic heterocycles. The molecule has 3 aromatic rings. The summed E-state index contributed by atoms with van der Waals surface area (Å²) in [5.74, 6) is -0.982. The topological polar surface area (TPSA) is 70.9 Å². The lowest BCUT2D eigenvalue weighted by molar-refractivity contribution is 0.0698. The smallest absolute Gasteiger partial charge is 0.339 e. The van der Waals surface area contributed by atoms with Gasteiger partial charge in [-0.25, -0.2) is 4.79 Å². The fraction of sp³-hybridized carbons (Fsp3) is 0.0769. The quantitative estimate of drug-likeness (QED) is 0.723. The van der Waals surface area contributed by atoms with E-state index in [9.17, 15) is 4.79 Å². The van der Waals surface area contributed by atoms with Gasteiger partial charge in [0.05, 0.1) is 17.6 Å². The summed E-state index contributed by atoms with van der Waals surface area (Å²) >= 11 is 0. The van der Waals surface area contributed by atoms with Crippen molar-refractivity contribution in [3.05, 3.63) is 42.1 Å². The van der Waals surface area contributed by atoms with Crippen molar-refractivity contribution in [3.63, 3.8) is 0 Å². The van der Waals surface area contributed by atoms with Crippen LogP contribution in [0.15, 0.2) is 36.5 Å². The summed E-state index contributed by atoms with van der Waals surface area (Å²) in [4.78, 5) is 11.1. The first-order valence-corrected chi connectivity index (χ1v) is 5.50. The Morgan fingerprint density at radius 1 is 1.39 bits per heavy atom. The number of H-pyrrole nitrogens is 1. The van der Waals surface area contributed by atoms with Gasteiger partial charge in [-0.3, -0.25) is 5.10 Å². The highest BCUT2D eigenvalue weighted by Crippen LogP contribution is 2.27. The third kappa shape index (κ3) is 1.41. The highest BCUT2D eigenvalue weighted by atomic mass is 16.4. The first kappa shape index (κ1) is 10.6. The van der Waals surface area contributed by atoms with Crippen LogP contribution in [0.25, 0.3) is 22.3 Å². The number of aromatic amines is 1. The number of para-hydroxylation sites is 1. The number of aryl methyl sites for hydroxylation is 1. The third-order valence-electron chi connectivity index (χ3n) is 3.08. The number of aromatic carboxylic acids is 1. The van der Waals surface area contributed by atoms with Gasteiger partial charge in [0.25, 0.3) is 0 Å². The van der Waals surface area contributed by atoms with E-state index < -0.39 is 5.97 Å². The number of benzene rings is 1. The van der Waals surface area contributed by atoms with Crippen LogP contribution in [0, 0.1) is 0 Å². The maximum absolute atomic E-state index is 11.1. The van der Waals surface area contributed by atoms with Crippen molar-refractivity contribution in [2.24, 2.45) is 7.05 Å². The largest absolute Gasteiger partial charge is 0.478 e. The average molecular weight is 241 g/mol. The number of carboxylic acids is 1. The molecule has 2 N–H and O–H groups in total. The molecular weight excluding hydrogens is 230 g/mol. The van der Waals surface area contributed by atoms with E-state index >= 15 is 0 Å². The number of carbonyl (C=O) groups is 1. The molecule has 0 fully saturated rings. The summed E-state index contributed by atoms with van der Waals surface area (Å²) in [5.41, 5.74) is 2.58. The summed E-state index contributed by atoms with van der Waals surface area (Å²) < 4.78 is 1.95. The van der Waals surface area contributed by atoms with Gasteiger partial charge in [0, 0.05) is 18.0 Å². The molecule has 3 rings (SSSR count). The molecule has 0 aliphatic carbocycles. The van der Waals surface area contributed by atoms with E-state index in [0.717, 1.165) is 16.6 Å². The molecular formula is C13H11N3O2. The molecule has 5 nitrogen and oxygen atoms in total. The zero-order chi connectivity index (χ0) is 12.7. The van der Waals surface area contributed by atoms with E-state index in [-0.39, 0.29) is 5.56 Å². The van der Waals surface area contributed by atoms with Gasteiger partial charge in [-0.15, -0.1) is 0 Å². The molecule has 0 atom stereocenters. The number of aromatic nitrogens is 3. The van der Waals surface area contributed by atoms with Gasteiger partial charge in [-0.1, -0.05) is 18.2 Å². The van der Waals surface area contributed by atoms with E-state index in [0.29, 0.717) is 5.69 Å². The second-order valence-electron chi connectivity index (χ2n) is 4.11. The second-order valence-corrected chi connectivity index (χ2v) is 4.11. The lowest BCUT2D eigenvalue weighted by atomic mass is 10.2. The first-order valence-electron chi connectivity index (χ1n) is 5.50.